The van der Waals surface area contributed by atoms with Gasteiger partial charge in [-0.2, -0.15) is 0 Å². The Kier molecular flexibility index (Phi) is 6.84. The summed E-state index contributed by atoms with van der Waals surface area (Å²) in [6.45, 7) is 0.924. The second kappa shape index (κ2) is 9.73. The van der Waals surface area contributed by atoms with E-state index in [4.69, 9.17) is 15.2 Å². The Morgan fingerprint density at radius 2 is 1.72 bits per heavy atom. The zero-order valence-electron chi connectivity index (χ0n) is 16.1. The Morgan fingerprint density at radius 1 is 1.00 bits per heavy atom. The van der Waals surface area contributed by atoms with Gasteiger partial charge in [-0.05, 0) is 36.6 Å². The Labute approximate surface area is 169 Å². The van der Waals surface area contributed by atoms with Crippen molar-refractivity contribution in [1.82, 2.24) is 4.90 Å². The SMILES string of the molecule is NC(=O)C1CCN(C(=O)COC(=O)c2cccc(OCc3ccccc3)c2)CC1. The third-order valence-electron chi connectivity index (χ3n) is 4.89. The predicted molar refractivity (Wildman–Crippen MR) is 106 cm³/mol. The van der Waals surface area contributed by atoms with Crippen molar-refractivity contribution in [3.05, 3.63) is 65.7 Å². The van der Waals surface area contributed by atoms with Crippen molar-refractivity contribution in [3.63, 3.8) is 0 Å². The lowest BCUT2D eigenvalue weighted by Crippen LogP contribution is -2.43. The second-order valence-corrected chi connectivity index (χ2v) is 6.94. The Balaban J connectivity index is 1.48. The predicted octanol–water partition coefficient (Wildman–Crippen LogP) is 2.15. The van der Waals surface area contributed by atoms with Crippen LogP contribution in [0.4, 0.5) is 0 Å². The van der Waals surface area contributed by atoms with Crippen LogP contribution in [0.2, 0.25) is 0 Å². The average Bonchev–Trinajstić information content (AvgIpc) is 2.76. The highest BCUT2D eigenvalue weighted by molar-refractivity contribution is 5.91. The molecule has 2 amide bonds. The fourth-order valence-corrected chi connectivity index (χ4v) is 3.17. The number of primary amides is 1. The lowest BCUT2D eigenvalue weighted by Gasteiger charge is -2.30. The largest absolute Gasteiger partial charge is 0.489 e. The summed E-state index contributed by atoms with van der Waals surface area (Å²) in [5, 5.41) is 0. The maximum absolute atomic E-state index is 12.3. The number of hydrogen-bond acceptors (Lipinski definition) is 5. The Bertz CT molecular complexity index is 861. The van der Waals surface area contributed by atoms with Gasteiger partial charge in [-0.1, -0.05) is 36.4 Å². The molecule has 2 aromatic carbocycles. The number of likely N-dealkylation sites (tertiary alicyclic amines) is 1. The van der Waals surface area contributed by atoms with Gasteiger partial charge in [-0.25, -0.2) is 4.79 Å². The Morgan fingerprint density at radius 3 is 2.41 bits per heavy atom. The molecule has 0 aliphatic carbocycles. The first-order valence-electron chi connectivity index (χ1n) is 9.54. The maximum Gasteiger partial charge on any atom is 0.338 e. The van der Waals surface area contributed by atoms with Crippen molar-refractivity contribution in [2.75, 3.05) is 19.7 Å². The number of amides is 2. The fraction of sp³-hybridized carbons (Fsp3) is 0.318. The van der Waals surface area contributed by atoms with Crippen LogP contribution in [0.25, 0.3) is 0 Å². The standard InChI is InChI=1S/C22H24N2O5/c23-21(26)17-9-11-24(12-10-17)20(25)15-29-22(27)18-7-4-8-19(13-18)28-14-16-5-2-1-3-6-16/h1-8,13,17H,9-12,14-15H2,(H2,23,26). The molecule has 1 aliphatic heterocycles. The number of esters is 1. The van der Waals surface area contributed by atoms with Crippen LogP contribution in [0.15, 0.2) is 54.6 Å². The molecule has 29 heavy (non-hydrogen) atoms. The molecule has 0 aromatic heterocycles. The zero-order valence-corrected chi connectivity index (χ0v) is 16.1. The highest BCUT2D eigenvalue weighted by Crippen LogP contribution is 2.18. The fourth-order valence-electron chi connectivity index (χ4n) is 3.17. The van der Waals surface area contributed by atoms with Gasteiger partial charge >= 0.3 is 5.97 Å². The van der Waals surface area contributed by atoms with Gasteiger partial charge in [0.25, 0.3) is 5.91 Å². The Hall–Kier alpha value is -3.35. The van der Waals surface area contributed by atoms with Crippen LogP contribution in [0, 0.1) is 5.92 Å². The molecule has 3 rings (SSSR count). The molecule has 0 radical (unpaired) electrons. The average molecular weight is 396 g/mol. The number of nitrogens with two attached hydrogens (primary N) is 1. The summed E-state index contributed by atoms with van der Waals surface area (Å²) in [4.78, 5) is 37.3. The number of nitrogens with zero attached hydrogens (tertiary/aromatic N) is 1. The minimum atomic E-state index is -0.587. The number of benzene rings is 2. The number of piperidine rings is 1. The van der Waals surface area contributed by atoms with E-state index in [1.807, 2.05) is 30.3 Å². The molecule has 1 fully saturated rings. The lowest BCUT2D eigenvalue weighted by atomic mass is 9.96. The molecule has 0 unspecified atom stereocenters. The molecular weight excluding hydrogens is 372 g/mol. The third kappa shape index (κ3) is 5.81. The van der Waals surface area contributed by atoms with E-state index in [2.05, 4.69) is 0 Å². The van der Waals surface area contributed by atoms with E-state index in [0.29, 0.717) is 43.9 Å². The smallest absolute Gasteiger partial charge is 0.338 e. The van der Waals surface area contributed by atoms with Crippen LogP contribution in [0.1, 0.15) is 28.8 Å². The van der Waals surface area contributed by atoms with Crippen LogP contribution in [0.3, 0.4) is 0 Å². The van der Waals surface area contributed by atoms with E-state index >= 15 is 0 Å². The van der Waals surface area contributed by atoms with Crippen molar-refractivity contribution < 1.29 is 23.9 Å². The summed E-state index contributed by atoms with van der Waals surface area (Å²) in [6, 6.07) is 16.4. The van der Waals surface area contributed by atoms with Gasteiger partial charge in [0.1, 0.15) is 12.4 Å². The highest BCUT2D eigenvalue weighted by Gasteiger charge is 2.26. The monoisotopic (exact) mass is 396 g/mol. The van der Waals surface area contributed by atoms with Crippen LogP contribution >= 0.6 is 0 Å². The van der Waals surface area contributed by atoms with Crippen LogP contribution < -0.4 is 10.5 Å². The first-order valence-corrected chi connectivity index (χ1v) is 9.54. The molecule has 7 heteroatoms. The molecule has 1 aliphatic rings. The van der Waals surface area contributed by atoms with Crippen LogP contribution in [-0.4, -0.2) is 42.4 Å². The topological polar surface area (TPSA) is 98.9 Å². The van der Waals surface area contributed by atoms with E-state index in [9.17, 15) is 14.4 Å². The first kappa shape index (κ1) is 20.4. The molecular formula is C22H24N2O5. The van der Waals surface area contributed by atoms with Crippen molar-refractivity contribution in [2.24, 2.45) is 11.7 Å². The molecule has 7 nitrogen and oxygen atoms in total. The molecule has 1 heterocycles. The number of carbonyl (C=O) groups is 3. The molecule has 0 saturated carbocycles. The van der Waals surface area contributed by atoms with Gasteiger partial charge in [0.05, 0.1) is 5.56 Å². The minimum Gasteiger partial charge on any atom is -0.489 e. The van der Waals surface area contributed by atoms with E-state index in [1.165, 1.54) is 0 Å². The molecule has 2 N–H and O–H groups in total. The molecule has 0 atom stereocenters. The summed E-state index contributed by atoms with van der Waals surface area (Å²) in [6.07, 6.45) is 1.08. The second-order valence-electron chi connectivity index (χ2n) is 6.94. The summed E-state index contributed by atoms with van der Waals surface area (Å²) in [5.74, 6) is -0.852. The molecule has 1 saturated heterocycles. The van der Waals surface area contributed by atoms with Gasteiger partial charge in [0.15, 0.2) is 6.61 Å². The van der Waals surface area contributed by atoms with Crippen LogP contribution in [-0.2, 0) is 20.9 Å². The summed E-state index contributed by atoms with van der Waals surface area (Å²) < 4.78 is 10.9. The molecule has 0 spiro atoms. The number of hydrogen-bond donors (Lipinski definition) is 1. The zero-order chi connectivity index (χ0) is 20.6. The van der Waals surface area contributed by atoms with Gasteiger partial charge in [0.2, 0.25) is 5.91 Å². The van der Waals surface area contributed by atoms with E-state index in [1.54, 1.807) is 29.2 Å². The van der Waals surface area contributed by atoms with Gasteiger partial charge in [0, 0.05) is 19.0 Å². The van der Waals surface area contributed by atoms with E-state index in [0.717, 1.165) is 5.56 Å². The van der Waals surface area contributed by atoms with Crippen molar-refractivity contribution in [2.45, 2.75) is 19.4 Å². The van der Waals surface area contributed by atoms with Crippen molar-refractivity contribution in [3.8, 4) is 5.75 Å². The number of carbonyl (C=O) groups excluding carboxylic acids is 3. The summed E-state index contributed by atoms with van der Waals surface area (Å²) >= 11 is 0. The summed E-state index contributed by atoms with van der Waals surface area (Å²) in [5.41, 5.74) is 6.63. The van der Waals surface area contributed by atoms with E-state index < -0.39 is 5.97 Å². The normalized spacial score (nSPS) is 14.3. The molecule has 152 valence electrons. The molecule has 2 aromatic rings. The third-order valence-corrected chi connectivity index (χ3v) is 4.89. The minimum absolute atomic E-state index is 0.194. The highest BCUT2D eigenvalue weighted by atomic mass is 16.5. The van der Waals surface area contributed by atoms with Gasteiger partial charge in [-0.15, -0.1) is 0 Å². The summed E-state index contributed by atoms with van der Waals surface area (Å²) in [7, 11) is 0. The van der Waals surface area contributed by atoms with Crippen LogP contribution in [0.5, 0.6) is 5.75 Å². The van der Waals surface area contributed by atoms with Gasteiger partial charge < -0.3 is 20.1 Å². The first-order chi connectivity index (χ1) is 14.0. The van der Waals surface area contributed by atoms with E-state index in [-0.39, 0.29) is 24.3 Å². The quantitative estimate of drug-likeness (QED) is 0.723. The molecule has 0 bridgehead atoms. The van der Waals surface area contributed by atoms with Gasteiger partial charge in [-0.3, -0.25) is 9.59 Å². The number of ether oxygens (including phenoxy) is 2. The maximum atomic E-state index is 12.3. The van der Waals surface area contributed by atoms with Crippen molar-refractivity contribution >= 4 is 17.8 Å². The lowest BCUT2D eigenvalue weighted by molar-refractivity contribution is -0.137. The number of rotatable bonds is 7. The van der Waals surface area contributed by atoms with Crippen molar-refractivity contribution in [1.29, 1.82) is 0 Å².